The maximum atomic E-state index is 12.6. The van der Waals surface area contributed by atoms with Crippen LogP contribution in [0.4, 0.5) is 0 Å². The van der Waals surface area contributed by atoms with Crippen LogP contribution >= 0.6 is 11.6 Å². The summed E-state index contributed by atoms with van der Waals surface area (Å²) in [5.74, 6) is -0.457. The van der Waals surface area contributed by atoms with E-state index in [4.69, 9.17) is 21.1 Å². The van der Waals surface area contributed by atoms with Crippen molar-refractivity contribution in [3.05, 3.63) is 28.8 Å². The molecular formula is C16H18ClNO5. The lowest BCUT2D eigenvalue weighted by Gasteiger charge is -2.25. The number of aliphatic carboxylic acids is 1. The minimum Gasteiger partial charge on any atom is -0.481 e. The van der Waals surface area contributed by atoms with Crippen LogP contribution in [0.15, 0.2) is 18.2 Å². The zero-order chi connectivity index (χ0) is 16.6. The molecule has 1 N–H and O–H groups in total. The monoisotopic (exact) mass is 339 g/mol. The zero-order valence-corrected chi connectivity index (χ0v) is 13.5. The molecule has 124 valence electrons. The number of hydrogen-bond donors (Lipinski definition) is 1. The van der Waals surface area contributed by atoms with Gasteiger partial charge < -0.3 is 19.5 Å². The van der Waals surface area contributed by atoms with Crippen molar-refractivity contribution in [3.63, 3.8) is 0 Å². The largest absolute Gasteiger partial charge is 0.481 e. The number of carbonyl (C=O) groups excluding carboxylic acids is 1. The lowest BCUT2D eigenvalue weighted by atomic mass is 9.88. The predicted molar refractivity (Wildman–Crippen MR) is 82.7 cm³/mol. The third-order valence-corrected chi connectivity index (χ3v) is 4.75. The molecule has 1 saturated heterocycles. The van der Waals surface area contributed by atoms with Crippen LogP contribution in [-0.2, 0) is 20.7 Å². The molecule has 0 aliphatic carbocycles. The summed E-state index contributed by atoms with van der Waals surface area (Å²) >= 11 is 5.95. The fraction of sp³-hybridized carbons (Fsp3) is 0.500. The van der Waals surface area contributed by atoms with E-state index in [0.29, 0.717) is 30.2 Å². The molecule has 0 saturated carbocycles. The van der Waals surface area contributed by atoms with E-state index in [9.17, 15) is 14.7 Å². The van der Waals surface area contributed by atoms with Gasteiger partial charge in [-0.1, -0.05) is 11.6 Å². The SMILES string of the molecule is COCC1(C(=O)O)CCN(C(=O)C2Cc3cc(Cl)ccc3O2)C1. The molecule has 2 aliphatic rings. The van der Waals surface area contributed by atoms with E-state index in [2.05, 4.69) is 0 Å². The molecular weight excluding hydrogens is 322 g/mol. The molecule has 1 amide bonds. The average Bonchev–Trinajstić information content (AvgIpc) is 3.11. The van der Waals surface area contributed by atoms with Gasteiger partial charge in [-0.05, 0) is 30.2 Å². The summed E-state index contributed by atoms with van der Waals surface area (Å²) in [4.78, 5) is 25.8. The predicted octanol–water partition coefficient (Wildman–Crippen LogP) is 1.59. The molecule has 1 fully saturated rings. The fourth-order valence-electron chi connectivity index (χ4n) is 3.25. The Morgan fingerprint density at radius 1 is 1.52 bits per heavy atom. The minimum atomic E-state index is -1.03. The third kappa shape index (κ3) is 2.88. The maximum absolute atomic E-state index is 12.6. The lowest BCUT2D eigenvalue weighted by molar-refractivity contribution is -0.152. The summed E-state index contributed by atoms with van der Waals surface area (Å²) < 4.78 is 10.7. The Labute approximate surface area is 138 Å². The number of carbonyl (C=O) groups is 2. The number of hydrogen-bond acceptors (Lipinski definition) is 4. The van der Waals surface area contributed by atoms with E-state index < -0.39 is 17.5 Å². The van der Waals surface area contributed by atoms with Crippen molar-refractivity contribution in [1.82, 2.24) is 4.90 Å². The van der Waals surface area contributed by atoms with Crippen LogP contribution in [0.3, 0.4) is 0 Å². The Morgan fingerprint density at radius 3 is 3.00 bits per heavy atom. The Balaban J connectivity index is 1.70. The van der Waals surface area contributed by atoms with Gasteiger partial charge >= 0.3 is 5.97 Å². The molecule has 6 nitrogen and oxygen atoms in total. The van der Waals surface area contributed by atoms with Crippen LogP contribution in [0, 0.1) is 5.41 Å². The highest BCUT2D eigenvalue weighted by atomic mass is 35.5. The van der Waals surface area contributed by atoms with Crippen LogP contribution in [-0.4, -0.2) is 54.8 Å². The molecule has 3 rings (SSSR count). The van der Waals surface area contributed by atoms with Crippen molar-refractivity contribution < 1.29 is 24.2 Å². The number of amides is 1. The van der Waals surface area contributed by atoms with Gasteiger partial charge in [-0.2, -0.15) is 0 Å². The quantitative estimate of drug-likeness (QED) is 0.901. The summed E-state index contributed by atoms with van der Waals surface area (Å²) in [7, 11) is 1.47. The number of carboxylic acids is 1. The Bertz CT molecular complexity index is 649. The average molecular weight is 340 g/mol. The van der Waals surface area contributed by atoms with E-state index in [0.717, 1.165) is 5.56 Å². The summed E-state index contributed by atoms with van der Waals surface area (Å²) in [6, 6.07) is 5.26. The highest BCUT2D eigenvalue weighted by Crippen LogP contribution is 2.35. The third-order valence-electron chi connectivity index (χ3n) is 4.51. The van der Waals surface area contributed by atoms with Crippen LogP contribution in [0.5, 0.6) is 5.75 Å². The first-order valence-electron chi connectivity index (χ1n) is 7.41. The van der Waals surface area contributed by atoms with E-state index in [1.165, 1.54) is 7.11 Å². The van der Waals surface area contributed by atoms with Gasteiger partial charge in [0, 0.05) is 31.6 Å². The van der Waals surface area contributed by atoms with Crippen molar-refractivity contribution in [3.8, 4) is 5.75 Å². The van der Waals surface area contributed by atoms with E-state index in [-0.39, 0.29) is 19.1 Å². The number of fused-ring (bicyclic) bond motifs is 1. The minimum absolute atomic E-state index is 0.0907. The molecule has 0 bridgehead atoms. The molecule has 0 spiro atoms. The van der Waals surface area contributed by atoms with Crippen molar-refractivity contribution in [2.45, 2.75) is 18.9 Å². The Morgan fingerprint density at radius 2 is 2.30 bits per heavy atom. The van der Waals surface area contributed by atoms with Gasteiger partial charge in [0.1, 0.15) is 11.2 Å². The van der Waals surface area contributed by atoms with Crippen molar-refractivity contribution >= 4 is 23.5 Å². The topological polar surface area (TPSA) is 76.1 Å². The first kappa shape index (κ1) is 16.1. The van der Waals surface area contributed by atoms with Crippen molar-refractivity contribution in [2.24, 2.45) is 5.41 Å². The van der Waals surface area contributed by atoms with Crippen LogP contribution in [0.1, 0.15) is 12.0 Å². The number of benzene rings is 1. The number of halogens is 1. The molecule has 0 aromatic heterocycles. The van der Waals surface area contributed by atoms with Gasteiger partial charge in [0.25, 0.3) is 5.91 Å². The molecule has 2 unspecified atom stereocenters. The van der Waals surface area contributed by atoms with Gasteiger partial charge in [-0.3, -0.25) is 9.59 Å². The highest BCUT2D eigenvalue weighted by Gasteiger charge is 2.48. The molecule has 23 heavy (non-hydrogen) atoms. The van der Waals surface area contributed by atoms with E-state index in [1.54, 1.807) is 23.1 Å². The summed E-state index contributed by atoms with van der Waals surface area (Å²) in [5.41, 5.74) is -0.129. The first-order valence-corrected chi connectivity index (χ1v) is 7.79. The number of likely N-dealkylation sites (tertiary alicyclic amines) is 1. The number of nitrogens with zero attached hydrogens (tertiary/aromatic N) is 1. The second-order valence-corrected chi connectivity index (χ2v) is 6.53. The molecule has 2 heterocycles. The smallest absolute Gasteiger partial charge is 0.313 e. The Hall–Kier alpha value is -1.79. The molecule has 7 heteroatoms. The first-order chi connectivity index (χ1) is 10.9. The van der Waals surface area contributed by atoms with Gasteiger partial charge in [0.2, 0.25) is 0 Å². The van der Waals surface area contributed by atoms with Gasteiger partial charge in [-0.25, -0.2) is 0 Å². The zero-order valence-electron chi connectivity index (χ0n) is 12.8. The second-order valence-electron chi connectivity index (χ2n) is 6.09. The standard InChI is InChI=1S/C16H18ClNO5/c1-22-9-16(15(20)21)4-5-18(8-16)14(19)13-7-10-6-11(17)2-3-12(10)23-13/h2-3,6,13H,4-5,7-9H2,1H3,(H,20,21). The second kappa shape index (κ2) is 6.02. The van der Waals surface area contributed by atoms with Gasteiger partial charge in [0.05, 0.1) is 6.61 Å². The fourth-order valence-corrected chi connectivity index (χ4v) is 3.44. The number of rotatable bonds is 4. The summed E-state index contributed by atoms with van der Waals surface area (Å²) in [5, 5.41) is 10.1. The lowest BCUT2D eigenvalue weighted by Crippen LogP contribution is -2.44. The van der Waals surface area contributed by atoms with Crippen LogP contribution in [0.2, 0.25) is 5.02 Å². The van der Waals surface area contributed by atoms with E-state index >= 15 is 0 Å². The van der Waals surface area contributed by atoms with Crippen molar-refractivity contribution in [2.75, 3.05) is 26.8 Å². The summed E-state index contributed by atoms with van der Waals surface area (Å²) in [6.07, 6.45) is 0.221. The van der Waals surface area contributed by atoms with Gasteiger partial charge in [0.15, 0.2) is 6.10 Å². The normalized spacial score (nSPS) is 26.0. The Kier molecular flexibility index (Phi) is 4.21. The molecule has 1 aromatic carbocycles. The van der Waals surface area contributed by atoms with Crippen LogP contribution in [0.25, 0.3) is 0 Å². The summed E-state index contributed by atoms with van der Waals surface area (Å²) in [6.45, 7) is 0.630. The maximum Gasteiger partial charge on any atom is 0.313 e. The molecule has 1 aromatic rings. The number of carboxylic acid groups (broad SMARTS) is 1. The van der Waals surface area contributed by atoms with Crippen molar-refractivity contribution in [1.29, 1.82) is 0 Å². The highest BCUT2D eigenvalue weighted by molar-refractivity contribution is 6.30. The molecule has 2 atom stereocenters. The van der Waals surface area contributed by atoms with Gasteiger partial charge in [-0.15, -0.1) is 0 Å². The number of methoxy groups -OCH3 is 1. The number of ether oxygens (including phenoxy) is 2. The van der Waals surface area contributed by atoms with E-state index in [1.807, 2.05) is 0 Å². The molecule has 0 radical (unpaired) electrons. The van der Waals surface area contributed by atoms with Crippen LogP contribution < -0.4 is 4.74 Å². The molecule has 2 aliphatic heterocycles.